The van der Waals surface area contributed by atoms with E-state index in [1.165, 1.54) is 74.7 Å². The molecule has 49 heavy (non-hydrogen) atoms. The molecule has 0 amide bonds. The lowest BCUT2D eigenvalue weighted by molar-refractivity contribution is -0.112. The summed E-state index contributed by atoms with van der Waals surface area (Å²) in [6.07, 6.45) is 13.8. The topological polar surface area (TPSA) is 17.1 Å². The number of carbonyl (C=O) groups is 1. The first-order chi connectivity index (χ1) is 23.8. The second-order valence-corrected chi connectivity index (χ2v) is 16.3. The molecule has 3 atom stereocenters. The molecule has 0 radical (unpaired) electrons. The van der Waals surface area contributed by atoms with Crippen molar-refractivity contribution in [3.8, 4) is 20.2 Å². The molecule has 1 saturated heterocycles. The van der Waals surface area contributed by atoms with E-state index in [4.69, 9.17) is 0 Å². The number of thiophene rings is 2. The average molecular weight is 689 g/mol. The van der Waals surface area contributed by atoms with Gasteiger partial charge in [0, 0.05) is 25.4 Å². The summed E-state index contributed by atoms with van der Waals surface area (Å²) in [6.45, 7) is 13.0. The Bertz CT molecular complexity index is 2440. The summed E-state index contributed by atoms with van der Waals surface area (Å²) in [5, 5.41) is 7.92. The largest absolute Gasteiger partial charge is 0.286 e. The number of rotatable bonds is 8. The fourth-order valence-electron chi connectivity index (χ4n) is 6.80. The maximum Gasteiger partial charge on any atom is 0.201 e. The zero-order valence-electron chi connectivity index (χ0n) is 27.6. The van der Waals surface area contributed by atoms with Crippen molar-refractivity contribution >= 4 is 71.9 Å². The molecular weight excluding hydrogens is 653 g/mol. The maximum absolute atomic E-state index is 12.2. The molecule has 2 aromatic heterocycles. The van der Waals surface area contributed by atoms with E-state index in [9.17, 15) is 4.79 Å². The SMILES string of the molecule is C=C(/C=C(/C=C\C(C)c1ccc(-c2ccc(-c3ccc4cc5cc6ccccc6cc5cc4c3)s2)s1)CC)/C=C1\C(=C)C2C=CC1SC2=O. The Labute approximate surface area is 300 Å². The van der Waals surface area contributed by atoms with E-state index in [1.807, 2.05) is 28.7 Å². The number of hydrogen-bond acceptors (Lipinski definition) is 4. The van der Waals surface area contributed by atoms with Crippen molar-refractivity contribution in [1.29, 1.82) is 0 Å². The molecule has 2 bridgehead atoms. The molecule has 3 aliphatic rings. The van der Waals surface area contributed by atoms with Crippen LogP contribution in [0.2, 0.25) is 0 Å². The Morgan fingerprint density at radius 1 is 0.796 bits per heavy atom. The van der Waals surface area contributed by atoms with E-state index < -0.39 is 0 Å². The third kappa shape index (κ3) is 6.25. The molecule has 3 unspecified atom stereocenters. The van der Waals surface area contributed by atoms with Crippen molar-refractivity contribution in [3.63, 3.8) is 0 Å². The van der Waals surface area contributed by atoms with E-state index in [0.717, 1.165) is 23.1 Å². The molecule has 4 heteroatoms. The fourth-order valence-corrected chi connectivity index (χ4v) is 10.1. The highest BCUT2D eigenvalue weighted by Crippen LogP contribution is 2.44. The molecular formula is C45H36OS3. The van der Waals surface area contributed by atoms with E-state index in [1.54, 1.807) is 0 Å². The van der Waals surface area contributed by atoms with Crippen LogP contribution < -0.4 is 0 Å². The molecule has 0 spiro atoms. The zero-order valence-corrected chi connectivity index (χ0v) is 30.1. The predicted octanol–water partition coefficient (Wildman–Crippen LogP) is 13.5. The zero-order chi connectivity index (χ0) is 33.6. The van der Waals surface area contributed by atoms with Crippen LogP contribution in [0, 0.1) is 5.92 Å². The maximum atomic E-state index is 12.2. The minimum atomic E-state index is -0.192. The van der Waals surface area contributed by atoms with Gasteiger partial charge in [-0.3, -0.25) is 4.79 Å². The molecule has 240 valence electrons. The Balaban J connectivity index is 0.973. The van der Waals surface area contributed by atoms with E-state index in [2.05, 4.69) is 148 Å². The highest BCUT2D eigenvalue weighted by atomic mass is 32.2. The first-order valence-electron chi connectivity index (χ1n) is 16.8. The van der Waals surface area contributed by atoms with Crippen LogP contribution in [-0.2, 0) is 4.79 Å². The molecule has 1 aliphatic carbocycles. The monoisotopic (exact) mass is 688 g/mol. The summed E-state index contributed by atoms with van der Waals surface area (Å²) < 4.78 is 0. The number of benzene rings is 4. The van der Waals surface area contributed by atoms with Crippen LogP contribution in [-0.4, -0.2) is 10.4 Å². The lowest BCUT2D eigenvalue weighted by Gasteiger charge is -2.33. The number of carbonyl (C=O) groups excluding carboxylic acids is 1. The first kappa shape index (κ1) is 31.8. The van der Waals surface area contributed by atoms with Crippen molar-refractivity contribution in [3.05, 3.63) is 168 Å². The second kappa shape index (κ2) is 13.1. The van der Waals surface area contributed by atoms with E-state index >= 15 is 0 Å². The van der Waals surface area contributed by atoms with Crippen LogP contribution in [0.25, 0.3) is 52.5 Å². The minimum absolute atomic E-state index is 0.0537. The molecule has 1 fully saturated rings. The van der Waals surface area contributed by atoms with Crippen molar-refractivity contribution in [2.75, 3.05) is 0 Å². The summed E-state index contributed by atoms with van der Waals surface area (Å²) in [6, 6.07) is 33.8. The lowest BCUT2D eigenvalue weighted by atomic mass is 9.85. The summed E-state index contributed by atoms with van der Waals surface area (Å²) in [5.41, 5.74) is 5.48. The van der Waals surface area contributed by atoms with Gasteiger partial charge in [0.1, 0.15) is 0 Å². The third-order valence-electron chi connectivity index (χ3n) is 9.62. The third-order valence-corrected chi connectivity index (χ3v) is 13.4. The second-order valence-electron chi connectivity index (χ2n) is 13.0. The molecule has 4 aromatic carbocycles. The molecule has 2 aliphatic heterocycles. The molecule has 6 aromatic rings. The van der Waals surface area contributed by atoms with Crippen LogP contribution in [0.5, 0.6) is 0 Å². The molecule has 0 saturated carbocycles. The van der Waals surface area contributed by atoms with Gasteiger partial charge in [0.2, 0.25) is 5.12 Å². The normalized spacial score (nSPS) is 19.3. The van der Waals surface area contributed by atoms with Gasteiger partial charge in [-0.15, -0.1) is 22.7 Å². The van der Waals surface area contributed by atoms with Crippen molar-refractivity contribution in [1.82, 2.24) is 0 Å². The van der Waals surface area contributed by atoms with Crippen LogP contribution in [0.15, 0.2) is 163 Å². The van der Waals surface area contributed by atoms with Gasteiger partial charge in [0.15, 0.2) is 0 Å². The Morgan fingerprint density at radius 3 is 2.16 bits per heavy atom. The van der Waals surface area contributed by atoms with Gasteiger partial charge in [-0.2, -0.15) is 0 Å². The first-order valence-corrected chi connectivity index (χ1v) is 19.3. The summed E-state index contributed by atoms with van der Waals surface area (Å²) in [7, 11) is 0. The van der Waals surface area contributed by atoms with Gasteiger partial charge in [-0.25, -0.2) is 0 Å². The van der Waals surface area contributed by atoms with Crippen LogP contribution in [0.3, 0.4) is 0 Å². The fraction of sp³-hybridized carbons (Fsp3) is 0.133. The number of allylic oxidation sites excluding steroid dienone is 8. The number of thioether (sulfide) groups is 1. The predicted molar refractivity (Wildman–Crippen MR) is 217 cm³/mol. The van der Waals surface area contributed by atoms with Crippen LogP contribution in [0.1, 0.15) is 31.1 Å². The van der Waals surface area contributed by atoms with Gasteiger partial charge in [0.25, 0.3) is 0 Å². The average Bonchev–Trinajstić information content (AvgIpc) is 3.80. The Kier molecular flexibility index (Phi) is 8.49. The number of fused-ring (bicyclic) bond motifs is 5. The standard InChI is InChI=1S/C45H36OS3/c1-5-30(20-27(2)21-39-29(4)38-14-15-42(39)49-45(38)46)11-10-28(3)40-16-18-43(47-40)44-19-17-41(48-44)34-13-12-33-24-36-22-31-8-6-7-9-32(31)23-37(36)26-35(33)25-34/h6-26,28,38,42H,2,4-5H2,1,3H3/b11-10-,30-20+,39-21+. The molecule has 0 N–H and O–H groups in total. The lowest BCUT2D eigenvalue weighted by Crippen LogP contribution is -2.29. The van der Waals surface area contributed by atoms with Crippen molar-refractivity contribution in [2.45, 2.75) is 31.4 Å². The van der Waals surface area contributed by atoms with Crippen molar-refractivity contribution < 1.29 is 4.79 Å². The van der Waals surface area contributed by atoms with Gasteiger partial charge in [-0.05, 0) is 121 Å². The summed E-state index contributed by atoms with van der Waals surface area (Å²) in [5.74, 6) is 0.107. The molecule has 9 rings (SSSR count). The van der Waals surface area contributed by atoms with Gasteiger partial charge in [0.05, 0.1) is 11.2 Å². The van der Waals surface area contributed by atoms with E-state index in [-0.39, 0.29) is 16.3 Å². The highest BCUT2D eigenvalue weighted by molar-refractivity contribution is 8.14. The smallest absolute Gasteiger partial charge is 0.201 e. The van der Waals surface area contributed by atoms with Crippen molar-refractivity contribution in [2.24, 2.45) is 5.92 Å². The molecule has 4 heterocycles. The molecule has 1 nitrogen and oxygen atoms in total. The summed E-state index contributed by atoms with van der Waals surface area (Å²) >= 11 is 5.14. The van der Waals surface area contributed by atoms with Gasteiger partial charge in [-0.1, -0.05) is 112 Å². The van der Waals surface area contributed by atoms with E-state index in [0.29, 0.717) is 5.92 Å². The Hall–Kier alpha value is -4.48. The van der Waals surface area contributed by atoms with Gasteiger partial charge < -0.3 is 0 Å². The minimum Gasteiger partial charge on any atom is -0.286 e. The van der Waals surface area contributed by atoms with Crippen LogP contribution in [0.4, 0.5) is 0 Å². The Morgan fingerprint density at radius 2 is 1.45 bits per heavy atom. The van der Waals surface area contributed by atoms with Gasteiger partial charge >= 0.3 is 0 Å². The highest BCUT2D eigenvalue weighted by Gasteiger charge is 2.37. The summed E-state index contributed by atoms with van der Waals surface area (Å²) in [4.78, 5) is 17.5. The number of hydrogen-bond donors (Lipinski definition) is 0. The van der Waals surface area contributed by atoms with Crippen LogP contribution >= 0.6 is 34.4 Å². The quantitative estimate of drug-likeness (QED) is 0.0899.